The molecule has 0 amide bonds. The number of rotatable bonds is 3. The van der Waals surface area contributed by atoms with Crippen molar-refractivity contribution in [2.75, 3.05) is 24.8 Å². The lowest BCUT2D eigenvalue weighted by atomic mass is 9.87. The van der Waals surface area contributed by atoms with E-state index in [0.717, 1.165) is 6.92 Å². The summed E-state index contributed by atoms with van der Waals surface area (Å²) in [6.45, 7) is 1.83. The number of ether oxygens (including phenoxy) is 2. The summed E-state index contributed by atoms with van der Waals surface area (Å²) < 4.78 is 14.7. The van der Waals surface area contributed by atoms with E-state index < -0.39 is 36.6 Å². The van der Waals surface area contributed by atoms with Gasteiger partial charge in [-0.05, 0) is 25.0 Å². The largest absolute Gasteiger partial charge is 0.428 e. The Hall–Kier alpha value is -2.91. The minimum Gasteiger partial charge on any atom is -0.428 e. The molecule has 0 spiro atoms. The first-order chi connectivity index (χ1) is 13.4. The lowest BCUT2D eigenvalue weighted by Crippen LogP contribution is -2.37. The molecular formula is C19H19NO8. The molecular weight excluding hydrogens is 370 g/mol. The Balaban J connectivity index is 1.82. The van der Waals surface area contributed by atoms with Crippen LogP contribution in [0.4, 0.5) is 5.69 Å². The smallest absolute Gasteiger partial charge is 0.351 e. The van der Waals surface area contributed by atoms with Crippen LogP contribution in [0.25, 0.3) is 11.0 Å². The molecule has 4 rings (SSSR count). The molecule has 0 radical (unpaired) electrons. The van der Waals surface area contributed by atoms with Gasteiger partial charge in [-0.25, -0.2) is 9.59 Å². The molecule has 2 aliphatic rings. The average molecular weight is 389 g/mol. The third kappa shape index (κ3) is 3.02. The molecule has 0 fully saturated rings. The number of hydrogen-bond donors (Lipinski definition) is 2. The van der Waals surface area contributed by atoms with Crippen LogP contribution in [0.15, 0.2) is 21.3 Å². The van der Waals surface area contributed by atoms with E-state index >= 15 is 0 Å². The summed E-state index contributed by atoms with van der Waals surface area (Å²) in [5, 5.41) is 21.4. The van der Waals surface area contributed by atoms with Crippen LogP contribution in [-0.2, 0) is 14.3 Å². The summed E-state index contributed by atoms with van der Waals surface area (Å²) in [4.78, 5) is 37.3. The standard InChI is InChI=1S/C19H19NO8/c1-9(21)26-8-27-18(24)12-7-10-6-11-13(22)2-4-20-5-3-14(23)15(16(11)20)17(10)28-19(12)25/h6-7,13-14,22-23H,2-5,8H2,1H3. The fourth-order valence-corrected chi connectivity index (χ4v) is 3.80. The Bertz CT molecular complexity index is 1020. The molecule has 1 aromatic heterocycles. The van der Waals surface area contributed by atoms with Gasteiger partial charge in [-0.1, -0.05) is 0 Å². The minimum atomic E-state index is -0.994. The van der Waals surface area contributed by atoms with Gasteiger partial charge in [0.2, 0.25) is 6.79 Å². The van der Waals surface area contributed by atoms with E-state index in [-0.39, 0.29) is 11.1 Å². The SMILES string of the molecule is CC(=O)OCOC(=O)c1cc2cc3c4c(c2oc1=O)C(O)CCN4CCC3O. The van der Waals surface area contributed by atoms with Gasteiger partial charge in [0.1, 0.15) is 11.1 Å². The van der Waals surface area contributed by atoms with Crippen LogP contribution in [0.5, 0.6) is 0 Å². The number of nitrogens with zero attached hydrogens (tertiary/aromatic N) is 1. The molecule has 1 aromatic carbocycles. The Morgan fingerprint density at radius 1 is 1.18 bits per heavy atom. The molecule has 0 saturated carbocycles. The Morgan fingerprint density at radius 3 is 2.61 bits per heavy atom. The van der Waals surface area contributed by atoms with Gasteiger partial charge < -0.3 is 29.0 Å². The van der Waals surface area contributed by atoms with E-state index in [1.807, 2.05) is 0 Å². The predicted octanol–water partition coefficient (Wildman–Crippen LogP) is 1.15. The molecule has 9 heteroatoms. The Labute approximate surface area is 159 Å². The van der Waals surface area contributed by atoms with Crippen molar-refractivity contribution >= 4 is 28.6 Å². The normalized spacial score (nSPS) is 20.6. The zero-order valence-corrected chi connectivity index (χ0v) is 15.1. The fourth-order valence-electron chi connectivity index (χ4n) is 3.80. The zero-order valence-electron chi connectivity index (χ0n) is 15.1. The third-order valence-electron chi connectivity index (χ3n) is 5.09. The van der Waals surface area contributed by atoms with Crippen molar-refractivity contribution in [2.45, 2.75) is 32.0 Å². The third-order valence-corrected chi connectivity index (χ3v) is 5.09. The molecule has 0 saturated heterocycles. The monoisotopic (exact) mass is 389 g/mol. The van der Waals surface area contributed by atoms with Gasteiger partial charge in [-0.3, -0.25) is 4.79 Å². The predicted molar refractivity (Wildman–Crippen MR) is 95.9 cm³/mol. The van der Waals surface area contributed by atoms with E-state index in [2.05, 4.69) is 9.64 Å². The van der Waals surface area contributed by atoms with Gasteiger partial charge in [-0.15, -0.1) is 0 Å². The number of aliphatic hydroxyl groups excluding tert-OH is 2. The molecule has 28 heavy (non-hydrogen) atoms. The molecule has 0 bridgehead atoms. The number of fused-ring (bicyclic) bond motifs is 2. The summed E-state index contributed by atoms with van der Waals surface area (Å²) in [5.74, 6) is -1.62. The van der Waals surface area contributed by atoms with Crippen LogP contribution in [0, 0.1) is 0 Å². The average Bonchev–Trinajstić information content (AvgIpc) is 2.65. The highest BCUT2D eigenvalue weighted by molar-refractivity contribution is 5.95. The number of benzene rings is 1. The zero-order chi connectivity index (χ0) is 20.0. The first-order valence-electron chi connectivity index (χ1n) is 8.93. The van der Waals surface area contributed by atoms with Crippen LogP contribution in [-0.4, -0.2) is 42.0 Å². The van der Waals surface area contributed by atoms with Crippen molar-refractivity contribution in [1.29, 1.82) is 0 Å². The second-order valence-corrected chi connectivity index (χ2v) is 6.88. The van der Waals surface area contributed by atoms with Gasteiger partial charge in [0, 0.05) is 36.5 Å². The van der Waals surface area contributed by atoms with Crippen molar-refractivity contribution in [3.8, 4) is 0 Å². The van der Waals surface area contributed by atoms with Gasteiger partial charge in [0.15, 0.2) is 0 Å². The molecule has 2 aromatic rings. The highest BCUT2D eigenvalue weighted by Crippen LogP contribution is 2.46. The van der Waals surface area contributed by atoms with Crippen molar-refractivity contribution in [2.24, 2.45) is 0 Å². The van der Waals surface area contributed by atoms with E-state index in [9.17, 15) is 24.6 Å². The van der Waals surface area contributed by atoms with Crippen LogP contribution in [0.2, 0.25) is 0 Å². The van der Waals surface area contributed by atoms with Gasteiger partial charge in [-0.2, -0.15) is 0 Å². The van der Waals surface area contributed by atoms with E-state index in [4.69, 9.17) is 9.15 Å². The summed E-state index contributed by atoms with van der Waals surface area (Å²) in [6.07, 6.45) is -0.547. The minimum absolute atomic E-state index is 0.187. The Kier molecular flexibility index (Phi) is 4.56. The van der Waals surface area contributed by atoms with Crippen molar-refractivity contribution in [3.05, 3.63) is 39.2 Å². The van der Waals surface area contributed by atoms with E-state index in [1.165, 1.54) is 6.07 Å². The molecule has 2 unspecified atom stereocenters. The van der Waals surface area contributed by atoms with Crippen molar-refractivity contribution in [3.63, 3.8) is 0 Å². The van der Waals surface area contributed by atoms with Gasteiger partial charge >= 0.3 is 17.6 Å². The van der Waals surface area contributed by atoms with Crippen molar-refractivity contribution in [1.82, 2.24) is 0 Å². The number of aliphatic hydroxyl groups is 2. The van der Waals surface area contributed by atoms with Crippen LogP contribution < -0.4 is 10.5 Å². The molecule has 9 nitrogen and oxygen atoms in total. The van der Waals surface area contributed by atoms with Crippen LogP contribution in [0.1, 0.15) is 53.5 Å². The molecule has 2 aliphatic heterocycles. The van der Waals surface area contributed by atoms with Gasteiger partial charge in [0.25, 0.3) is 0 Å². The van der Waals surface area contributed by atoms with E-state index in [1.54, 1.807) is 6.07 Å². The lowest BCUT2D eigenvalue weighted by molar-refractivity contribution is -0.149. The number of anilines is 1. The quantitative estimate of drug-likeness (QED) is 0.451. The summed E-state index contributed by atoms with van der Waals surface area (Å²) in [5.41, 5.74) is 0.677. The summed E-state index contributed by atoms with van der Waals surface area (Å²) in [6, 6.07) is 2.97. The maximum atomic E-state index is 12.4. The maximum Gasteiger partial charge on any atom is 0.351 e. The maximum absolute atomic E-state index is 12.4. The lowest BCUT2D eigenvalue weighted by Gasteiger charge is -2.40. The number of esters is 2. The molecule has 3 heterocycles. The summed E-state index contributed by atoms with van der Waals surface area (Å²) in [7, 11) is 0. The van der Waals surface area contributed by atoms with Crippen LogP contribution in [0.3, 0.4) is 0 Å². The molecule has 148 valence electrons. The highest BCUT2D eigenvalue weighted by atomic mass is 16.7. The van der Waals surface area contributed by atoms with Crippen LogP contribution >= 0.6 is 0 Å². The first kappa shape index (κ1) is 18.5. The highest BCUT2D eigenvalue weighted by Gasteiger charge is 2.35. The van der Waals surface area contributed by atoms with Crippen molar-refractivity contribution < 1.29 is 33.7 Å². The first-order valence-corrected chi connectivity index (χ1v) is 8.93. The Morgan fingerprint density at radius 2 is 1.89 bits per heavy atom. The fraction of sp³-hybridized carbons (Fsp3) is 0.421. The molecule has 0 aliphatic carbocycles. The second kappa shape index (κ2) is 6.92. The van der Waals surface area contributed by atoms with E-state index in [0.29, 0.717) is 48.1 Å². The topological polar surface area (TPSA) is 127 Å². The van der Waals surface area contributed by atoms with Gasteiger partial charge in [0.05, 0.1) is 17.9 Å². The number of carbonyl (C=O) groups is 2. The number of hydrogen-bond acceptors (Lipinski definition) is 9. The second-order valence-electron chi connectivity index (χ2n) is 6.88. The number of carbonyl (C=O) groups excluding carboxylic acids is 2. The molecule has 2 N–H and O–H groups in total. The summed E-state index contributed by atoms with van der Waals surface area (Å²) >= 11 is 0. The molecule has 2 atom stereocenters.